The SMILES string of the molecule is CCCn1c(SCC(=O)NCCCOC(C)C)nc2cc(Cl)ccc2c1=O. The normalized spacial score (nSPS) is 11.3. The standard InChI is InChI=1S/C19H26ClN3O3S/c1-4-9-23-18(25)15-7-6-14(20)11-16(15)22-19(23)27-12-17(24)21-8-5-10-26-13(2)3/h6-7,11,13H,4-5,8-10,12H2,1-3H3,(H,21,24). The number of fused-ring (bicyclic) bond motifs is 1. The third kappa shape index (κ3) is 6.52. The summed E-state index contributed by atoms with van der Waals surface area (Å²) in [5, 5.41) is 4.46. The number of ether oxygens (including phenoxy) is 1. The maximum Gasteiger partial charge on any atom is 0.262 e. The Morgan fingerprint density at radius 3 is 2.89 bits per heavy atom. The number of halogens is 1. The summed E-state index contributed by atoms with van der Waals surface area (Å²) in [5.41, 5.74) is 0.445. The van der Waals surface area contributed by atoms with Crippen LogP contribution in [0.4, 0.5) is 0 Å². The molecule has 148 valence electrons. The van der Waals surface area contributed by atoms with Gasteiger partial charge in [-0.1, -0.05) is 30.3 Å². The monoisotopic (exact) mass is 411 g/mol. The predicted octanol–water partition coefficient (Wildman–Crippen LogP) is 3.48. The quantitative estimate of drug-likeness (QED) is 0.368. The molecule has 0 fully saturated rings. The van der Waals surface area contributed by atoms with Crippen LogP contribution in [0.3, 0.4) is 0 Å². The Morgan fingerprint density at radius 1 is 1.41 bits per heavy atom. The lowest BCUT2D eigenvalue weighted by Crippen LogP contribution is -2.28. The Morgan fingerprint density at radius 2 is 2.19 bits per heavy atom. The number of carbonyl (C=O) groups excluding carboxylic acids is 1. The van der Waals surface area contributed by atoms with Gasteiger partial charge in [-0.15, -0.1) is 0 Å². The molecule has 0 atom stereocenters. The highest BCUT2D eigenvalue weighted by molar-refractivity contribution is 7.99. The lowest BCUT2D eigenvalue weighted by atomic mass is 10.2. The molecule has 6 nitrogen and oxygen atoms in total. The van der Waals surface area contributed by atoms with Gasteiger partial charge in [0, 0.05) is 24.7 Å². The van der Waals surface area contributed by atoms with Gasteiger partial charge in [0.05, 0.1) is 22.8 Å². The first kappa shape index (κ1) is 21.7. The van der Waals surface area contributed by atoms with Crippen LogP contribution in [0.15, 0.2) is 28.2 Å². The highest BCUT2D eigenvalue weighted by Crippen LogP contribution is 2.20. The molecule has 0 aliphatic heterocycles. The molecule has 2 rings (SSSR count). The van der Waals surface area contributed by atoms with E-state index in [9.17, 15) is 9.59 Å². The minimum absolute atomic E-state index is 0.0898. The van der Waals surface area contributed by atoms with Gasteiger partial charge in [-0.3, -0.25) is 14.2 Å². The van der Waals surface area contributed by atoms with Crippen LogP contribution in [0.2, 0.25) is 5.02 Å². The molecule has 0 unspecified atom stereocenters. The average Bonchev–Trinajstić information content (AvgIpc) is 2.62. The zero-order chi connectivity index (χ0) is 19.8. The number of amides is 1. The Bertz CT molecular complexity index is 839. The maximum atomic E-state index is 12.7. The number of nitrogens with one attached hydrogen (secondary N) is 1. The fraction of sp³-hybridized carbons (Fsp3) is 0.526. The number of hydrogen-bond donors (Lipinski definition) is 1. The van der Waals surface area contributed by atoms with E-state index in [-0.39, 0.29) is 23.3 Å². The van der Waals surface area contributed by atoms with Gasteiger partial charge in [-0.2, -0.15) is 0 Å². The van der Waals surface area contributed by atoms with Gasteiger partial charge in [0.15, 0.2) is 5.16 Å². The van der Waals surface area contributed by atoms with Crippen LogP contribution in [0, 0.1) is 0 Å². The fourth-order valence-corrected chi connectivity index (χ4v) is 3.53. The van der Waals surface area contributed by atoms with Crippen molar-refractivity contribution in [1.82, 2.24) is 14.9 Å². The average molecular weight is 412 g/mol. The van der Waals surface area contributed by atoms with Crippen molar-refractivity contribution in [2.24, 2.45) is 0 Å². The first-order valence-corrected chi connectivity index (χ1v) is 10.5. The third-order valence-corrected chi connectivity index (χ3v) is 4.97. The first-order chi connectivity index (χ1) is 12.9. The van der Waals surface area contributed by atoms with Crippen LogP contribution < -0.4 is 10.9 Å². The molecule has 8 heteroatoms. The third-order valence-electron chi connectivity index (χ3n) is 3.76. The van der Waals surface area contributed by atoms with Crippen molar-refractivity contribution in [2.75, 3.05) is 18.9 Å². The van der Waals surface area contributed by atoms with Gasteiger partial charge in [0.2, 0.25) is 5.91 Å². The van der Waals surface area contributed by atoms with Crippen molar-refractivity contribution in [3.8, 4) is 0 Å². The molecule has 1 N–H and O–H groups in total. The molecule has 0 spiro atoms. The molecule has 1 aromatic heterocycles. The number of thioether (sulfide) groups is 1. The zero-order valence-corrected chi connectivity index (χ0v) is 17.5. The van der Waals surface area contributed by atoms with E-state index in [4.69, 9.17) is 16.3 Å². The number of rotatable bonds is 10. The number of hydrogen-bond acceptors (Lipinski definition) is 5. The zero-order valence-electron chi connectivity index (χ0n) is 16.0. The fourth-order valence-electron chi connectivity index (χ4n) is 2.50. The van der Waals surface area contributed by atoms with Crippen LogP contribution >= 0.6 is 23.4 Å². The van der Waals surface area contributed by atoms with E-state index in [0.29, 0.717) is 40.8 Å². The van der Waals surface area contributed by atoms with Gasteiger partial charge in [0.25, 0.3) is 5.56 Å². The lowest BCUT2D eigenvalue weighted by molar-refractivity contribution is -0.118. The lowest BCUT2D eigenvalue weighted by Gasteiger charge is -2.12. The highest BCUT2D eigenvalue weighted by atomic mass is 35.5. The summed E-state index contributed by atoms with van der Waals surface area (Å²) in [7, 11) is 0. The van der Waals surface area contributed by atoms with E-state index in [0.717, 1.165) is 12.8 Å². The smallest absolute Gasteiger partial charge is 0.262 e. The van der Waals surface area contributed by atoms with Crippen LogP contribution in [0.1, 0.15) is 33.6 Å². The van der Waals surface area contributed by atoms with E-state index in [2.05, 4.69) is 10.3 Å². The summed E-state index contributed by atoms with van der Waals surface area (Å²) in [6.45, 7) is 7.70. The molecule has 1 heterocycles. The Kier molecular flexibility index (Phi) is 8.60. The molecule has 27 heavy (non-hydrogen) atoms. The highest BCUT2D eigenvalue weighted by Gasteiger charge is 2.13. The molecule has 1 amide bonds. The van der Waals surface area contributed by atoms with Crippen molar-refractivity contribution in [2.45, 2.75) is 51.4 Å². The van der Waals surface area contributed by atoms with Crippen LogP contribution in [0.5, 0.6) is 0 Å². The van der Waals surface area contributed by atoms with Crippen LogP contribution in [-0.4, -0.2) is 40.5 Å². The van der Waals surface area contributed by atoms with E-state index >= 15 is 0 Å². The second kappa shape index (κ2) is 10.7. The van der Waals surface area contributed by atoms with Crippen LogP contribution in [-0.2, 0) is 16.1 Å². The van der Waals surface area contributed by atoms with Crippen molar-refractivity contribution in [1.29, 1.82) is 0 Å². The summed E-state index contributed by atoms with van der Waals surface area (Å²) in [6.07, 6.45) is 1.76. The molecule has 0 bridgehead atoms. The van der Waals surface area contributed by atoms with E-state index in [1.54, 1.807) is 22.8 Å². The largest absolute Gasteiger partial charge is 0.379 e. The first-order valence-electron chi connectivity index (χ1n) is 9.13. The predicted molar refractivity (Wildman–Crippen MR) is 111 cm³/mol. The Hall–Kier alpha value is -1.57. The minimum Gasteiger partial charge on any atom is -0.379 e. The molecule has 1 aromatic carbocycles. The van der Waals surface area contributed by atoms with Gasteiger partial charge in [-0.25, -0.2) is 4.98 Å². The van der Waals surface area contributed by atoms with Crippen molar-refractivity contribution < 1.29 is 9.53 Å². The topological polar surface area (TPSA) is 73.2 Å². The molecule has 0 aliphatic rings. The van der Waals surface area contributed by atoms with Crippen molar-refractivity contribution >= 4 is 40.2 Å². The Labute approximate surface area is 168 Å². The summed E-state index contributed by atoms with van der Waals surface area (Å²) in [5.74, 6) is 0.112. The summed E-state index contributed by atoms with van der Waals surface area (Å²) in [6, 6.07) is 5.06. The summed E-state index contributed by atoms with van der Waals surface area (Å²) >= 11 is 7.29. The number of benzene rings is 1. The summed E-state index contributed by atoms with van der Waals surface area (Å²) in [4.78, 5) is 29.4. The molecule has 0 radical (unpaired) electrons. The summed E-state index contributed by atoms with van der Waals surface area (Å²) < 4.78 is 7.07. The molecule has 2 aromatic rings. The molecular formula is C19H26ClN3O3S. The van der Waals surface area contributed by atoms with Crippen LogP contribution in [0.25, 0.3) is 10.9 Å². The van der Waals surface area contributed by atoms with Gasteiger partial charge in [-0.05, 0) is 44.9 Å². The van der Waals surface area contributed by atoms with Crippen molar-refractivity contribution in [3.05, 3.63) is 33.6 Å². The second-order valence-electron chi connectivity index (χ2n) is 6.42. The molecule has 0 saturated carbocycles. The van der Waals surface area contributed by atoms with Crippen molar-refractivity contribution in [3.63, 3.8) is 0 Å². The maximum absolute atomic E-state index is 12.7. The Balaban J connectivity index is 2.03. The molecule has 0 saturated heterocycles. The number of nitrogens with zero attached hydrogens (tertiary/aromatic N) is 2. The number of carbonyl (C=O) groups is 1. The second-order valence-corrected chi connectivity index (χ2v) is 7.80. The van der Waals surface area contributed by atoms with E-state index < -0.39 is 0 Å². The minimum atomic E-state index is -0.104. The number of aromatic nitrogens is 2. The van der Waals surface area contributed by atoms with Gasteiger partial charge < -0.3 is 10.1 Å². The molecular weight excluding hydrogens is 386 g/mol. The van der Waals surface area contributed by atoms with E-state index in [1.165, 1.54) is 11.8 Å². The molecule has 0 aliphatic carbocycles. The van der Waals surface area contributed by atoms with Gasteiger partial charge >= 0.3 is 0 Å². The van der Waals surface area contributed by atoms with E-state index in [1.807, 2.05) is 20.8 Å². The van der Waals surface area contributed by atoms with Gasteiger partial charge in [0.1, 0.15) is 0 Å².